The number of nitrogens with zero attached hydrogens (tertiary/aromatic N) is 1. The molecule has 3 aromatic carbocycles. The molecule has 252 valence electrons. The zero-order valence-corrected chi connectivity index (χ0v) is 28.0. The highest BCUT2D eigenvalue weighted by molar-refractivity contribution is 5.92. The molecule has 0 aromatic heterocycles. The van der Waals surface area contributed by atoms with Crippen LogP contribution in [0.2, 0.25) is 0 Å². The highest BCUT2D eigenvalue weighted by Crippen LogP contribution is 2.32. The first-order valence-corrected chi connectivity index (χ1v) is 17.1. The van der Waals surface area contributed by atoms with E-state index in [2.05, 4.69) is 12.1 Å². The van der Waals surface area contributed by atoms with Crippen molar-refractivity contribution in [2.75, 3.05) is 19.7 Å². The number of amides is 1. The zero-order chi connectivity index (χ0) is 33.2. The molecule has 5 rings (SSSR count). The monoisotopic (exact) mass is 643 g/mol. The second-order valence-corrected chi connectivity index (χ2v) is 13.6. The van der Waals surface area contributed by atoms with Crippen molar-refractivity contribution in [3.05, 3.63) is 89.5 Å². The Morgan fingerprint density at radius 3 is 2.26 bits per heavy atom. The lowest BCUT2D eigenvalue weighted by atomic mass is 9.97. The topological polar surface area (TPSA) is 94.5 Å². The Hall–Kier alpha value is -3.88. The van der Waals surface area contributed by atoms with Crippen LogP contribution in [-0.4, -0.2) is 59.8 Å². The van der Waals surface area contributed by atoms with Gasteiger partial charge in [-0.3, -0.25) is 0 Å². The molecule has 1 unspecified atom stereocenters. The van der Waals surface area contributed by atoms with Gasteiger partial charge in [0.1, 0.15) is 23.0 Å². The Morgan fingerprint density at radius 2 is 1.60 bits per heavy atom. The second kappa shape index (κ2) is 16.3. The molecule has 1 saturated carbocycles. The smallest absolute Gasteiger partial charge is 0.410 e. The quantitative estimate of drug-likeness (QED) is 0.211. The Morgan fingerprint density at radius 1 is 0.894 bits per heavy atom. The van der Waals surface area contributed by atoms with Crippen molar-refractivity contribution >= 4 is 12.1 Å². The molecule has 1 aliphatic heterocycles. The molecule has 0 radical (unpaired) electrons. The fraction of sp³-hybridized carbons (Fsp3) is 0.487. The highest BCUT2D eigenvalue weighted by atomic mass is 16.7. The number of carbonyl (C=O) groups excluding carboxylic acids is 1. The van der Waals surface area contributed by atoms with Gasteiger partial charge < -0.3 is 29.0 Å². The molecule has 1 amide bonds. The molecule has 47 heavy (non-hydrogen) atoms. The normalized spacial score (nSPS) is 17.9. The predicted molar refractivity (Wildman–Crippen MR) is 182 cm³/mol. The van der Waals surface area contributed by atoms with Crippen LogP contribution in [0, 0.1) is 0 Å². The van der Waals surface area contributed by atoms with E-state index in [1.807, 2.05) is 75.4 Å². The van der Waals surface area contributed by atoms with Crippen LogP contribution in [0.3, 0.4) is 0 Å². The number of carbonyl (C=O) groups is 2. The fourth-order valence-electron chi connectivity index (χ4n) is 6.15. The summed E-state index contributed by atoms with van der Waals surface area (Å²) in [6, 6.07) is 23.4. The molecule has 8 nitrogen and oxygen atoms in total. The zero-order valence-electron chi connectivity index (χ0n) is 28.0. The molecule has 0 bridgehead atoms. The van der Waals surface area contributed by atoms with Gasteiger partial charge in [-0.1, -0.05) is 67.1 Å². The van der Waals surface area contributed by atoms with Gasteiger partial charge in [0.25, 0.3) is 0 Å². The number of benzene rings is 3. The first-order chi connectivity index (χ1) is 22.6. The molecule has 0 spiro atoms. The third-order valence-corrected chi connectivity index (χ3v) is 8.68. The van der Waals surface area contributed by atoms with E-state index >= 15 is 0 Å². The van der Waals surface area contributed by atoms with E-state index in [1.165, 1.54) is 6.42 Å². The number of carboxylic acid groups (broad SMARTS) is 1. The maximum atomic E-state index is 13.5. The van der Waals surface area contributed by atoms with Gasteiger partial charge in [0.05, 0.1) is 12.6 Å². The fourth-order valence-corrected chi connectivity index (χ4v) is 6.15. The summed E-state index contributed by atoms with van der Waals surface area (Å²) in [4.78, 5) is 27.2. The number of carboxylic acids is 1. The van der Waals surface area contributed by atoms with E-state index in [-0.39, 0.29) is 30.2 Å². The molecule has 1 saturated heterocycles. The van der Waals surface area contributed by atoms with E-state index in [0.717, 1.165) is 67.2 Å². The number of hydrogen-bond acceptors (Lipinski definition) is 6. The average molecular weight is 644 g/mol. The van der Waals surface area contributed by atoms with Crippen LogP contribution in [0.5, 0.6) is 5.75 Å². The molecular formula is C39H49NO7. The molecule has 1 heterocycles. The Kier molecular flexibility index (Phi) is 11.9. The van der Waals surface area contributed by atoms with Crippen molar-refractivity contribution in [3.8, 4) is 16.9 Å². The number of ether oxygens (including phenoxy) is 4. The van der Waals surface area contributed by atoms with E-state index < -0.39 is 11.6 Å². The minimum atomic E-state index is -0.988. The number of aromatic carboxylic acids is 1. The van der Waals surface area contributed by atoms with Gasteiger partial charge in [-0.15, -0.1) is 0 Å². The van der Waals surface area contributed by atoms with Crippen molar-refractivity contribution in [2.24, 2.45) is 0 Å². The van der Waals surface area contributed by atoms with Gasteiger partial charge in [-0.25, -0.2) is 9.59 Å². The summed E-state index contributed by atoms with van der Waals surface area (Å²) in [5.74, 6) is -0.564. The molecule has 1 aliphatic carbocycles. The summed E-state index contributed by atoms with van der Waals surface area (Å²) in [6.07, 6.45) is 7.83. The largest absolute Gasteiger partial charge is 0.490 e. The maximum Gasteiger partial charge on any atom is 0.410 e. The van der Waals surface area contributed by atoms with Crippen molar-refractivity contribution in [1.29, 1.82) is 0 Å². The molecule has 3 aromatic rings. The highest BCUT2D eigenvalue weighted by Gasteiger charge is 2.28. The Labute approximate surface area is 279 Å². The summed E-state index contributed by atoms with van der Waals surface area (Å²) in [5.41, 5.74) is 3.47. The summed E-state index contributed by atoms with van der Waals surface area (Å²) in [6.45, 7) is 7.07. The standard InChI is InChI=1S/C39H49NO7/c1-39(2,3)47-38(43)40(27-35(30-12-6-4-7-13-30)46-36-16-10-11-25-44-36)24-23-28-17-19-29(20-18-28)31-21-22-33(37(41)42)34(26-31)45-32-14-8-5-9-15-32/h4,6-7,12-13,17-22,26,32,35-36H,5,8-11,14-16,23-25,27H2,1-3H3,(H,41,42)/t35-,36?/m0/s1. The van der Waals surface area contributed by atoms with E-state index in [1.54, 1.807) is 11.0 Å². The molecule has 1 N–H and O–H groups in total. The lowest BCUT2D eigenvalue weighted by molar-refractivity contribution is -0.192. The molecule has 2 aliphatic rings. The van der Waals surface area contributed by atoms with Crippen molar-refractivity contribution in [3.63, 3.8) is 0 Å². The van der Waals surface area contributed by atoms with Gasteiger partial charge in [0, 0.05) is 13.2 Å². The summed E-state index contributed by atoms with van der Waals surface area (Å²) in [5, 5.41) is 9.77. The van der Waals surface area contributed by atoms with Crippen LogP contribution in [0.1, 0.15) is 99.7 Å². The van der Waals surface area contributed by atoms with Gasteiger partial charge in [0.2, 0.25) is 0 Å². The van der Waals surface area contributed by atoms with Crippen molar-refractivity contribution < 1.29 is 33.6 Å². The first-order valence-electron chi connectivity index (χ1n) is 17.1. The second-order valence-electron chi connectivity index (χ2n) is 13.6. The summed E-state index contributed by atoms with van der Waals surface area (Å²) >= 11 is 0. The molecular weight excluding hydrogens is 594 g/mol. The average Bonchev–Trinajstić information content (AvgIpc) is 3.07. The van der Waals surface area contributed by atoms with Gasteiger partial charge >= 0.3 is 12.1 Å². The third kappa shape index (κ3) is 10.3. The van der Waals surface area contributed by atoms with Crippen molar-refractivity contribution in [1.82, 2.24) is 4.90 Å². The van der Waals surface area contributed by atoms with Crippen LogP contribution in [-0.2, 0) is 20.6 Å². The Bertz CT molecular complexity index is 1440. The summed E-state index contributed by atoms with van der Waals surface area (Å²) in [7, 11) is 0. The van der Waals surface area contributed by atoms with Gasteiger partial charge in [-0.05, 0) is 107 Å². The maximum absolute atomic E-state index is 13.5. The van der Waals surface area contributed by atoms with Crippen LogP contribution in [0.25, 0.3) is 11.1 Å². The van der Waals surface area contributed by atoms with Gasteiger partial charge in [-0.2, -0.15) is 0 Å². The molecule has 8 heteroatoms. The number of hydrogen-bond donors (Lipinski definition) is 1. The third-order valence-electron chi connectivity index (χ3n) is 8.68. The van der Waals surface area contributed by atoms with Crippen LogP contribution >= 0.6 is 0 Å². The lowest BCUT2D eigenvalue weighted by Gasteiger charge is -2.33. The minimum Gasteiger partial charge on any atom is -0.490 e. The van der Waals surface area contributed by atoms with Crippen molar-refractivity contribution in [2.45, 2.75) is 103 Å². The first kappa shape index (κ1) is 34.5. The van der Waals surface area contributed by atoms with Crippen LogP contribution in [0.4, 0.5) is 4.79 Å². The van der Waals surface area contributed by atoms with Crippen LogP contribution < -0.4 is 4.74 Å². The van der Waals surface area contributed by atoms with E-state index in [4.69, 9.17) is 18.9 Å². The van der Waals surface area contributed by atoms with Crippen LogP contribution in [0.15, 0.2) is 72.8 Å². The molecule has 2 fully saturated rings. The SMILES string of the molecule is CC(C)(C)OC(=O)N(CCc1ccc(-c2ccc(C(=O)O)c(OC3CCCCC3)c2)cc1)C[C@H](OC1CCCCO1)c1ccccc1. The number of rotatable bonds is 12. The predicted octanol–water partition coefficient (Wildman–Crippen LogP) is 8.83. The molecule has 2 atom stereocenters. The van der Waals surface area contributed by atoms with Gasteiger partial charge in [0.15, 0.2) is 6.29 Å². The minimum absolute atomic E-state index is 0.0504. The lowest BCUT2D eigenvalue weighted by Crippen LogP contribution is -2.41. The van der Waals surface area contributed by atoms with E-state index in [9.17, 15) is 14.7 Å². The Balaban J connectivity index is 1.30. The summed E-state index contributed by atoms with van der Waals surface area (Å²) < 4.78 is 24.4. The van der Waals surface area contributed by atoms with E-state index in [0.29, 0.717) is 31.9 Å².